The fourth-order valence-corrected chi connectivity index (χ4v) is 1.54. The van der Waals surface area contributed by atoms with Crippen molar-refractivity contribution in [1.29, 1.82) is 0 Å². The van der Waals surface area contributed by atoms with Gasteiger partial charge in [-0.05, 0) is 12.1 Å². The second-order valence-corrected chi connectivity index (χ2v) is 3.87. The summed E-state index contributed by atoms with van der Waals surface area (Å²) in [6, 6.07) is 4.47. The van der Waals surface area contributed by atoms with Crippen LogP contribution in [0.2, 0.25) is 0 Å². The Morgan fingerprint density at radius 2 is 2.05 bits per heavy atom. The van der Waals surface area contributed by atoms with E-state index in [1.807, 2.05) is 0 Å². The molecule has 0 radical (unpaired) electrons. The van der Waals surface area contributed by atoms with Crippen LogP contribution in [0.15, 0.2) is 36.7 Å². The maximum Gasteiger partial charge on any atom is 0.339 e. The number of methoxy groups -OCH3 is 1. The number of esters is 1. The molecule has 2 rings (SSSR count). The minimum atomic E-state index is -1.02. The molecule has 0 bridgehead atoms. The maximum absolute atomic E-state index is 13.5. The van der Waals surface area contributed by atoms with Gasteiger partial charge >= 0.3 is 11.7 Å². The monoisotopic (exact) mass is 292 g/mol. The topological polar surface area (TPSA) is 91.6 Å². The molecule has 1 aromatic carbocycles. The molecule has 0 fully saturated rings. The van der Waals surface area contributed by atoms with Crippen molar-refractivity contribution in [3.8, 4) is 11.5 Å². The molecule has 0 saturated heterocycles. The number of carbonyl (C=O) groups excluding carboxylic acids is 1. The molecule has 1 aromatic heterocycles. The average molecular weight is 292 g/mol. The number of pyridine rings is 1. The summed E-state index contributed by atoms with van der Waals surface area (Å²) in [6.07, 6.45) is 2.60. The third-order valence-electron chi connectivity index (χ3n) is 2.49. The Hall–Kier alpha value is -3.03. The molecule has 0 N–H and O–H groups in total. The lowest BCUT2D eigenvalue weighted by atomic mass is 10.2. The Morgan fingerprint density at radius 3 is 2.67 bits per heavy atom. The van der Waals surface area contributed by atoms with Crippen LogP contribution in [0, 0.1) is 15.9 Å². The summed E-state index contributed by atoms with van der Waals surface area (Å²) in [4.78, 5) is 24.8. The lowest BCUT2D eigenvalue weighted by Crippen LogP contribution is -2.02. The smallest absolute Gasteiger partial charge is 0.339 e. The van der Waals surface area contributed by atoms with Gasteiger partial charge in [0.25, 0.3) is 0 Å². The molecular formula is C13H9FN2O5. The molecule has 0 aliphatic carbocycles. The molecule has 0 saturated carbocycles. The second kappa shape index (κ2) is 5.95. The molecule has 0 amide bonds. The third-order valence-corrected chi connectivity index (χ3v) is 2.49. The summed E-state index contributed by atoms with van der Waals surface area (Å²) >= 11 is 0. The number of halogens is 1. The highest BCUT2D eigenvalue weighted by molar-refractivity contribution is 5.89. The van der Waals surface area contributed by atoms with Crippen molar-refractivity contribution < 1.29 is 23.6 Å². The van der Waals surface area contributed by atoms with Crippen LogP contribution < -0.4 is 4.74 Å². The highest BCUT2D eigenvalue weighted by Crippen LogP contribution is 2.26. The Bertz CT molecular complexity index is 705. The molecule has 0 aliphatic rings. The summed E-state index contributed by atoms with van der Waals surface area (Å²) in [5, 5.41) is 10.5. The number of nitro benzene ring substituents is 1. The van der Waals surface area contributed by atoms with Crippen molar-refractivity contribution >= 4 is 11.7 Å². The number of nitro groups is 1. The zero-order chi connectivity index (χ0) is 15.4. The van der Waals surface area contributed by atoms with E-state index in [2.05, 4.69) is 9.72 Å². The van der Waals surface area contributed by atoms with Gasteiger partial charge in [-0.25, -0.2) is 4.79 Å². The van der Waals surface area contributed by atoms with Crippen molar-refractivity contribution in [3.05, 3.63) is 58.2 Å². The van der Waals surface area contributed by atoms with Gasteiger partial charge < -0.3 is 9.47 Å². The van der Waals surface area contributed by atoms with Gasteiger partial charge in [0.2, 0.25) is 5.82 Å². The van der Waals surface area contributed by atoms with Crippen LogP contribution >= 0.6 is 0 Å². The highest BCUT2D eigenvalue weighted by atomic mass is 19.1. The molecule has 21 heavy (non-hydrogen) atoms. The van der Waals surface area contributed by atoms with Gasteiger partial charge in [0.1, 0.15) is 11.5 Å². The van der Waals surface area contributed by atoms with Gasteiger partial charge in [0.15, 0.2) is 0 Å². The lowest BCUT2D eigenvalue weighted by molar-refractivity contribution is -0.387. The number of ether oxygens (including phenoxy) is 2. The summed E-state index contributed by atoms with van der Waals surface area (Å²) in [6.45, 7) is 0. The number of nitrogens with zero attached hydrogens (tertiary/aromatic N) is 2. The maximum atomic E-state index is 13.5. The van der Waals surface area contributed by atoms with E-state index in [0.717, 1.165) is 12.1 Å². The Labute approximate surface area is 118 Å². The first-order valence-electron chi connectivity index (χ1n) is 5.66. The van der Waals surface area contributed by atoms with Gasteiger partial charge in [-0.2, -0.15) is 4.39 Å². The minimum Gasteiger partial charge on any atom is -0.465 e. The fourth-order valence-electron chi connectivity index (χ4n) is 1.54. The Kier molecular flexibility index (Phi) is 4.07. The van der Waals surface area contributed by atoms with Gasteiger partial charge in [-0.3, -0.25) is 15.1 Å². The van der Waals surface area contributed by atoms with Crippen LogP contribution in [0.25, 0.3) is 0 Å². The molecule has 2 aromatic rings. The molecule has 0 unspecified atom stereocenters. The van der Waals surface area contributed by atoms with E-state index in [9.17, 15) is 19.3 Å². The first-order valence-corrected chi connectivity index (χ1v) is 5.66. The predicted molar refractivity (Wildman–Crippen MR) is 68.7 cm³/mol. The third kappa shape index (κ3) is 3.30. The lowest BCUT2D eigenvalue weighted by Gasteiger charge is -2.06. The molecule has 7 nitrogen and oxygen atoms in total. The quantitative estimate of drug-likeness (QED) is 0.488. The van der Waals surface area contributed by atoms with Crippen molar-refractivity contribution in [3.63, 3.8) is 0 Å². The van der Waals surface area contributed by atoms with Crippen LogP contribution in [-0.4, -0.2) is 23.0 Å². The molecular weight excluding hydrogens is 283 g/mol. The Balaban J connectivity index is 2.24. The summed E-state index contributed by atoms with van der Waals surface area (Å²) in [7, 11) is 1.22. The van der Waals surface area contributed by atoms with E-state index in [0.29, 0.717) is 0 Å². The average Bonchev–Trinajstić information content (AvgIpc) is 2.46. The highest BCUT2D eigenvalue weighted by Gasteiger charge is 2.15. The van der Waals surface area contributed by atoms with Gasteiger partial charge in [0.05, 0.1) is 23.8 Å². The Morgan fingerprint density at radius 1 is 1.29 bits per heavy atom. The van der Waals surface area contributed by atoms with E-state index >= 15 is 0 Å². The van der Waals surface area contributed by atoms with E-state index < -0.39 is 22.4 Å². The number of hydrogen-bond donors (Lipinski definition) is 0. The largest absolute Gasteiger partial charge is 0.465 e. The SMILES string of the molecule is COC(=O)c1cncc(Oc2ccc([N+](=O)[O-])c(F)c2)c1. The van der Waals surface area contributed by atoms with Crippen LogP contribution in [0.1, 0.15) is 10.4 Å². The fraction of sp³-hybridized carbons (Fsp3) is 0.0769. The van der Waals surface area contributed by atoms with Gasteiger partial charge in [-0.1, -0.05) is 0 Å². The molecule has 0 atom stereocenters. The number of aromatic nitrogens is 1. The predicted octanol–water partition coefficient (Wildman–Crippen LogP) is 2.71. The zero-order valence-corrected chi connectivity index (χ0v) is 10.8. The molecule has 0 spiro atoms. The summed E-state index contributed by atoms with van der Waals surface area (Å²) in [5.41, 5.74) is -0.485. The van der Waals surface area contributed by atoms with Crippen molar-refractivity contribution in [2.45, 2.75) is 0 Å². The van der Waals surface area contributed by atoms with Gasteiger partial charge in [0, 0.05) is 18.3 Å². The summed E-state index contributed by atoms with van der Waals surface area (Å²) < 4.78 is 23.3. The van der Waals surface area contributed by atoms with Crippen LogP contribution in [0.4, 0.5) is 10.1 Å². The number of hydrogen-bond acceptors (Lipinski definition) is 6. The first kappa shape index (κ1) is 14.4. The first-order chi connectivity index (χ1) is 10.0. The number of benzene rings is 1. The standard InChI is InChI=1S/C13H9FN2O5/c1-20-13(17)8-4-10(7-15-6-8)21-9-2-3-12(16(18)19)11(14)5-9/h2-7H,1H3. The van der Waals surface area contributed by atoms with Crippen LogP contribution in [-0.2, 0) is 4.74 Å². The van der Waals surface area contributed by atoms with Crippen LogP contribution in [0.3, 0.4) is 0 Å². The van der Waals surface area contributed by atoms with E-state index in [1.165, 1.54) is 31.6 Å². The summed E-state index contributed by atoms with van der Waals surface area (Å²) in [5.74, 6) is -1.40. The zero-order valence-electron chi connectivity index (χ0n) is 10.8. The molecule has 8 heteroatoms. The normalized spacial score (nSPS) is 10.0. The van der Waals surface area contributed by atoms with Crippen molar-refractivity contribution in [2.75, 3.05) is 7.11 Å². The van der Waals surface area contributed by atoms with Crippen LogP contribution in [0.5, 0.6) is 11.5 Å². The van der Waals surface area contributed by atoms with E-state index in [1.54, 1.807) is 0 Å². The molecule has 1 heterocycles. The molecule has 0 aliphatic heterocycles. The number of carbonyl (C=O) groups is 1. The van der Waals surface area contributed by atoms with Crippen molar-refractivity contribution in [1.82, 2.24) is 4.98 Å². The minimum absolute atomic E-state index is 0.0434. The van der Waals surface area contributed by atoms with E-state index in [-0.39, 0.29) is 17.1 Å². The second-order valence-electron chi connectivity index (χ2n) is 3.87. The van der Waals surface area contributed by atoms with Gasteiger partial charge in [-0.15, -0.1) is 0 Å². The van der Waals surface area contributed by atoms with E-state index in [4.69, 9.17) is 4.74 Å². The number of rotatable bonds is 4. The van der Waals surface area contributed by atoms with Crippen molar-refractivity contribution in [2.24, 2.45) is 0 Å². The molecule has 108 valence electrons.